The van der Waals surface area contributed by atoms with Gasteiger partial charge in [-0.25, -0.2) is 4.98 Å². The highest BCUT2D eigenvalue weighted by Crippen LogP contribution is 2.17. The Hall–Kier alpha value is -3.84. The number of benzene rings is 3. The lowest BCUT2D eigenvalue weighted by molar-refractivity contribution is 0.585. The summed E-state index contributed by atoms with van der Waals surface area (Å²) in [6, 6.07) is 33.9. The zero-order chi connectivity index (χ0) is 24.7. The van der Waals surface area contributed by atoms with Crippen molar-refractivity contribution in [1.29, 1.82) is 5.26 Å². The van der Waals surface area contributed by atoms with Gasteiger partial charge < -0.3 is 4.57 Å². The van der Waals surface area contributed by atoms with Gasteiger partial charge in [-0.1, -0.05) is 127 Å². The van der Waals surface area contributed by atoms with Crippen molar-refractivity contribution in [2.45, 2.75) is 39.6 Å². The fraction of sp³-hybridized carbons (Fsp3) is 0.226. The molecule has 0 N–H and O–H groups in total. The van der Waals surface area contributed by atoms with E-state index in [4.69, 9.17) is 5.26 Å². The fourth-order valence-corrected chi connectivity index (χ4v) is 4.08. The highest BCUT2D eigenvalue weighted by Gasteiger charge is 2.17. The van der Waals surface area contributed by atoms with E-state index in [0.29, 0.717) is 13.3 Å². The first kappa shape index (κ1) is 25.8. The highest BCUT2D eigenvalue weighted by molar-refractivity contribution is 6.85. The summed E-state index contributed by atoms with van der Waals surface area (Å²) in [6.07, 6.45) is 11.7. The molecule has 1 aromatic heterocycles. The van der Waals surface area contributed by atoms with Crippen molar-refractivity contribution in [1.82, 2.24) is 9.55 Å². The molecule has 0 saturated carbocycles. The summed E-state index contributed by atoms with van der Waals surface area (Å²) in [5.74, 6) is 0.916. The largest absolute Gasteiger partial charge is 0.330 e. The van der Waals surface area contributed by atoms with Crippen molar-refractivity contribution in [2.75, 3.05) is 0 Å². The van der Waals surface area contributed by atoms with Crippen LogP contribution in [0, 0.1) is 17.2 Å². The van der Waals surface area contributed by atoms with E-state index in [-0.39, 0.29) is 5.92 Å². The molecule has 176 valence electrons. The van der Waals surface area contributed by atoms with Crippen molar-refractivity contribution < 1.29 is 0 Å². The van der Waals surface area contributed by atoms with Gasteiger partial charge >= 0.3 is 0 Å². The van der Waals surface area contributed by atoms with Gasteiger partial charge in [0.05, 0.1) is 12.0 Å². The summed E-state index contributed by atoms with van der Waals surface area (Å²) in [7, 11) is 0. The molecule has 4 rings (SSSR count). The molecular formula is C31H34BN3. The molecule has 0 saturated heterocycles. The van der Waals surface area contributed by atoms with Crippen LogP contribution in [0.25, 0.3) is 11.4 Å². The summed E-state index contributed by atoms with van der Waals surface area (Å²) in [5.41, 5.74) is 3.91. The fourth-order valence-electron chi connectivity index (χ4n) is 4.08. The first-order chi connectivity index (χ1) is 17.2. The Bertz CT molecular complexity index is 1140. The standard InChI is InChI=1S/C18H21B.C13H13N3/c1-2-3-4-11-16-19(17-12-7-5-8-13-17)18-14-9-6-10-15-18;1-11(9-14)10-16-8-7-15-13(16)12-5-3-2-4-6-12/h3-10,12-15H,2,11,16H2,1H3;2-8,11H,10H2,1H3. The summed E-state index contributed by atoms with van der Waals surface area (Å²) in [4.78, 5) is 4.33. The number of rotatable bonds is 9. The van der Waals surface area contributed by atoms with Crippen LogP contribution in [-0.4, -0.2) is 16.3 Å². The number of hydrogen-bond donors (Lipinski definition) is 0. The number of nitrogens with zero attached hydrogens (tertiary/aromatic N) is 3. The molecular weight excluding hydrogens is 425 g/mol. The third-order valence-corrected chi connectivity index (χ3v) is 5.87. The van der Waals surface area contributed by atoms with Gasteiger partial charge in [-0.05, 0) is 19.8 Å². The van der Waals surface area contributed by atoms with Crippen LogP contribution in [0.3, 0.4) is 0 Å². The van der Waals surface area contributed by atoms with E-state index in [1.165, 1.54) is 17.2 Å². The zero-order valence-corrected chi connectivity index (χ0v) is 20.8. The third-order valence-electron chi connectivity index (χ3n) is 5.87. The lowest BCUT2D eigenvalue weighted by Crippen LogP contribution is -2.41. The van der Waals surface area contributed by atoms with Crippen LogP contribution in [0.1, 0.15) is 26.7 Å². The number of aromatic nitrogens is 2. The molecule has 0 aliphatic heterocycles. The monoisotopic (exact) mass is 459 g/mol. The molecule has 0 radical (unpaired) electrons. The van der Waals surface area contributed by atoms with Crippen LogP contribution in [0.4, 0.5) is 0 Å². The maximum absolute atomic E-state index is 8.81. The average Bonchev–Trinajstić information content (AvgIpc) is 3.38. The van der Waals surface area contributed by atoms with Crippen molar-refractivity contribution >= 4 is 17.6 Å². The predicted molar refractivity (Wildman–Crippen MR) is 149 cm³/mol. The molecule has 0 aliphatic carbocycles. The first-order valence-corrected chi connectivity index (χ1v) is 12.4. The topological polar surface area (TPSA) is 41.6 Å². The van der Waals surface area contributed by atoms with E-state index in [1.807, 2.05) is 48.0 Å². The van der Waals surface area contributed by atoms with Crippen molar-refractivity contribution in [3.05, 3.63) is 116 Å². The molecule has 3 aromatic carbocycles. The van der Waals surface area contributed by atoms with Gasteiger partial charge in [0.2, 0.25) is 6.71 Å². The highest BCUT2D eigenvalue weighted by atomic mass is 15.1. The Labute approximate surface area is 210 Å². The Morgan fingerprint density at radius 2 is 1.46 bits per heavy atom. The van der Waals surface area contributed by atoms with Crippen LogP contribution in [0.15, 0.2) is 116 Å². The summed E-state index contributed by atoms with van der Waals surface area (Å²) >= 11 is 0. The molecule has 4 heteroatoms. The van der Waals surface area contributed by atoms with Gasteiger partial charge in [0.25, 0.3) is 0 Å². The Morgan fingerprint density at radius 3 is 2.00 bits per heavy atom. The van der Waals surface area contributed by atoms with Crippen molar-refractivity contribution in [3.8, 4) is 17.5 Å². The first-order valence-electron chi connectivity index (χ1n) is 12.4. The van der Waals surface area contributed by atoms with Gasteiger partial charge in [0.1, 0.15) is 5.82 Å². The molecule has 0 amide bonds. The molecule has 0 fully saturated rings. The second kappa shape index (κ2) is 14.4. The Morgan fingerprint density at radius 1 is 0.886 bits per heavy atom. The second-order valence-electron chi connectivity index (χ2n) is 8.63. The van der Waals surface area contributed by atoms with Gasteiger partial charge in [0, 0.05) is 24.5 Å². The van der Waals surface area contributed by atoms with E-state index in [2.05, 4.69) is 90.8 Å². The Kier molecular flexibility index (Phi) is 10.6. The smallest absolute Gasteiger partial charge is 0.209 e. The van der Waals surface area contributed by atoms with E-state index < -0.39 is 0 Å². The number of allylic oxidation sites excluding steroid dienone is 2. The number of imidazole rings is 1. The normalized spacial score (nSPS) is 11.3. The molecule has 1 unspecified atom stereocenters. The lowest BCUT2D eigenvalue weighted by Gasteiger charge is -2.13. The van der Waals surface area contributed by atoms with Crippen molar-refractivity contribution in [3.63, 3.8) is 0 Å². The maximum Gasteiger partial charge on any atom is 0.209 e. The van der Waals surface area contributed by atoms with Crippen molar-refractivity contribution in [2.24, 2.45) is 5.92 Å². The summed E-state index contributed by atoms with van der Waals surface area (Å²) < 4.78 is 2.02. The second-order valence-corrected chi connectivity index (χ2v) is 8.63. The molecule has 0 aliphatic rings. The predicted octanol–water partition coefficient (Wildman–Crippen LogP) is 6.36. The van der Waals surface area contributed by atoms with Crippen LogP contribution < -0.4 is 10.9 Å². The van der Waals surface area contributed by atoms with Gasteiger partial charge in [-0.3, -0.25) is 0 Å². The van der Waals surface area contributed by atoms with Gasteiger partial charge in [-0.2, -0.15) is 5.26 Å². The lowest BCUT2D eigenvalue weighted by atomic mass is 9.38. The molecule has 1 atom stereocenters. The van der Waals surface area contributed by atoms with E-state index in [9.17, 15) is 0 Å². The van der Waals surface area contributed by atoms with Gasteiger partial charge in [-0.15, -0.1) is 0 Å². The van der Waals surface area contributed by atoms with E-state index in [0.717, 1.165) is 24.2 Å². The minimum Gasteiger partial charge on any atom is -0.330 e. The average molecular weight is 459 g/mol. The number of nitriles is 1. The zero-order valence-electron chi connectivity index (χ0n) is 20.8. The van der Waals surface area contributed by atoms with Crippen LogP contribution in [0.2, 0.25) is 6.32 Å². The SMILES string of the molecule is CC(C#N)Cn1ccnc1-c1ccccc1.CCC=CCCB(c1ccccc1)c1ccccc1. The summed E-state index contributed by atoms with van der Waals surface area (Å²) in [5, 5.41) is 8.81. The molecule has 4 aromatic rings. The molecule has 35 heavy (non-hydrogen) atoms. The third kappa shape index (κ3) is 8.16. The maximum atomic E-state index is 8.81. The number of hydrogen-bond acceptors (Lipinski definition) is 2. The van der Waals surface area contributed by atoms with Crippen LogP contribution in [0.5, 0.6) is 0 Å². The van der Waals surface area contributed by atoms with Crippen LogP contribution in [-0.2, 0) is 6.54 Å². The van der Waals surface area contributed by atoms with E-state index >= 15 is 0 Å². The molecule has 0 spiro atoms. The minimum absolute atomic E-state index is 0.00309. The Balaban J connectivity index is 0.000000198. The van der Waals surface area contributed by atoms with E-state index in [1.54, 1.807) is 6.20 Å². The summed E-state index contributed by atoms with van der Waals surface area (Å²) in [6.45, 7) is 5.28. The van der Waals surface area contributed by atoms with Crippen LogP contribution >= 0.6 is 0 Å². The molecule has 0 bridgehead atoms. The molecule has 3 nitrogen and oxygen atoms in total. The quantitative estimate of drug-likeness (QED) is 0.216. The van der Waals surface area contributed by atoms with Gasteiger partial charge in [0.15, 0.2) is 0 Å². The molecule has 1 heterocycles. The minimum atomic E-state index is -0.00309.